The highest BCUT2D eigenvalue weighted by molar-refractivity contribution is 6.04. The van der Waals surface area contributed by atoms with Gasteiger partial charge in [-0.25, -0.2) is 0 Å². The van der Waals surface area contributed by atoms with Crippen molar-refractivity contribution in [1.82, 2.24) is 0 Å². The van der Waals surface area contributed by atoms with Crippen LogP contribution < -0.4 is 0 Å². The average molecular weight is 250 g/mol. The van der Waals surface area contributed by atoms with Gasteiger partial charge in [-0.2, -0.15) is 0 Å². The second-order valence-corrected chi connectivity index (χ2v) is 5.20. The van der Waals surface area contributed by atoms with Crippen LogP contribution in [0.5, 0.6) is 0 Å². The highest BCUT2D eigenvalue weighted by Gasteiger charge is 2.23. The number of rotatable bonds is 4. The molecular weight excluding hydrogens is 232 g/mol. The molecule has 3 rings (SSSR count). The summed E-state index contributed by atoms with van der Waals surface area (Å²) >= 11 is 0. The van der Waals surface area contributed by atoms with Crippen LogP contribution in [0, 0.1) is 0 Å². The van der Waals surface area contributed by atoms with Gasteiger partial charge >= 0.3 is 0 Å². The number of fused-ring (bicyclic) bond motifs is 3. The van der Waals surface area contributed by atoms with E-state index in [9.17, 15) is 4.79 Å². The van der Waals surface area contributed by atoms with Crippen LogP contribution >= 0.6 is 0 Å². The van der Waals surface area contributed by atoms with Crippen molar-refractivity contribution in [2.45, 2.75) is 32.6 Å². The molecule has 0 fully saturated rings. The molecule has 0 aliphatic heterocycles. The molecule has 96 valence electrons. The predicted octanol–water partition coefficient (Wildman–Crippen LogP) is 4.63. The van der Waals surface area contributed by atoms with E-state index in [2.05, 4.69) is 37.3 Å². The first-order chi connectivity index (χ1) is 9.31. The van der Waals surface area contributed by atoms with Gasteiger partial charge in [0.05, 0.1) is 0 Å². The molecule has 0 saturated heterocycles. The third-order valence-corrected chi connectivity index (χ3v) is 3.88. The van der Waals surface area contributed by atoms with Gasteiger partial charge in [-0.1, -0.05) is 55.8 Å². The van der Waals surface area contributed by atoms with Gasteiger partial charge in [0.1, 0.15) is 0 Å². The van der Waals surface area contributed by atoms with Crippen molar-refractivity contribution in [3.8, 4) is 11.1 Å². The van der Waals surface area contributed by atoms with Crippen LogP contribution in [-0.4, -0.2) is 5.78 Å². The topological polar surface area (TPSA) is 17.1 Å². The van der Waals surface area contributed by atoms with Crippen LogP contribution in [-0.2, 0) is 6.42 Å². The second-order valence-electron chi connectivity index (χ2n) is 5.20. The Morgan fingerprint density at radius 1 is 1.05 bits per heavy atom. The van der Waals surface area contributed by atoms with Crippen molar-refractivity contribution in [2.75, 3.05) is 0 Å². The Hall–Kier alpha value is -1.89. The van der Waals surface area contributed by atoms with Gasteiger partial charge in [-0.3, -0.25) is 4.79 Å². The Bertz CT molecular complexity index is 625. The van der Waals surface area contributed by atoms with Gasteiger partial charge in [0, 0.05) is 12.0 Å². The summed E-state index contributed by atoms with van der Waals surface area (Å²) in [6.07, 6.45) is 3.66. The first-order valence-corrected chi connectivity index (χ1v) is 7.04. The Morgan fingerprint density at radius 3 is 2.68 bits per heavy atom. The van der Waals surface area contributed by atoms with Crippen molar-refractivity contribution in [1.29, 1.82) is 0 Å². The quantitative estimate of drug-likeness (QED) is 0.617. The molecule has 1 aliphatic carbocycles. The summed E-state index contributed by atoms with van der Waals surface area (Å²) < 4.78 is 0. The highest BCUT2D eigenvalue weighted by Crippen LogP contribution is 2.39. The van der Waals surface area contributed by atoms with Crippen LogP contribution in [0.3, 0.4) is 0 Å². The summed E-state index contributed by atoms with van der Waals surface area (Å²) in [4.78, 5) is 12.4. The number of ketones is 1. The molecule has 1 aliphatic rings. The molecule has 0 bridgehead atoms. The third kappa shape index (κ3) is 2.10. The molecule has 0 saturated carbocycles. The Labute approximate surface area is 114 Å². The van der Waals surface area contributed by atoms with E-state index >= 15 is 0 Å². The Balaban J connectivity index is 2.06. The SMILES string of the molecule is CCCCC(=O)c1cccc2c1-c1ccccc1C2. The monoisotopic (exact) mass is 250 g/mol. The molecule has 0 spiro atoms. The fraction of sp³-hybridized carbons (Fsp3) is 0.278. The summed E-state index contributed by atoms with van der Waals surface area (Å²) in [5.74, 6) is 0.287. The molecule has 1 nitrogen and oxygen atoms in total. The van der Waals surface area contributed by atoms with Gasteiger partial charge in [0.2, 0.25) is 0 Å². The minimum absolute atomic E-state index is 0.287. The molecule has 2 aromatic rings. The number of carbonyl (C=O) groups excluding carboxylic acids is 1. The number of benzene rings is 2. The van der Waals surface area contributed by atoms with E-state index < -0.39 is 0 Å². The number of hydrogen-bond acceptors (Lipinski definition) is 1. The van der Waals surface area contributed by atoms with Crippen LogP contribution in [0.1, 0.15) is 47.7 Å². The molecule has 0 atom stereocenters. The van der Waals surface area contributed by atoms with E-state index in [1.165, 1.54) is 22.3 Å². The molecule has 1 heteroatoms. The molecule has 0 radical (unpaired) electrons. The first kappa shape index (κ1) is 12.2. The molecule has 0 heterocycles. The van der Waals surface area contributed by atoms with Crippen molar-refractivity contribution < 1.29 is 4.79 Å². The molecule has 19 heavy (non-hydrogen) atoms. The van der Waals surface area contributed by atoms with Gasteiger partial charge in [-0.05, 0) is 35.1 Å². The van der Waals surface area contributed by atoms with Gasteiger partial charge < -0.3 is 0 Å². The van der Waals surface area contributed by atoms with E-state index in [1.54, 1.807) is 0 Å². The molecule has 0 unspecified atom stereocenters. The predicted molar refractivity (Wildman–Crippen MR) is 78.5 cm³/mol. The van der Waals surface area contributed by atoms with E-state index in [0.29, 0.717) is 6.42 Å². The lowest BCUT2D eigenvalue weighted by atomic mass is 9.95. The molecule has 2 aromatic carbocycles. The number of Topliss-reactive ketones (excluding diaryl/α,β-unsaturated/α-hetero) is 1. The van der Waals surface area contributed by atoms with Crippen molar-refractivity contribution in [3.05, 3.63) is 59.2 Å². The van der Waals surface area contributed by atoms with Gasteiger partial charge in [0.25, 0.3) is 0 Å². The number of carbonyl (C=O) groups is 1. The maximum atomic E-state index is 12.4. The lowest BCUT2D eigenvalue weighted by Gasteiger charge is -2.08. The van der Waals surface area contributed by atoms with Crippen LogP contribution in [0.2, 0.25) is 0 Å². The molecule has 0 amide bonds. The van der Waals surface area contributed by atoms with Crippen LogP contribution in [0.15, 0.2) is 42.5 Å². The average Bonchev–Trinajstić information content (AvgIpc) is 2.83. The van der Waals surface area contributed by atoms with Crippen LogP contribution in [0.4, 0.5) is 0 Å². The second kappa shape index (κ2) is 5.00. The standard InChI is InChI=1S/C18H18O/c1-2-3-11-17(19)16-10-6-8-14-12-13-7-4-5-9-15(13)18(14)16/h4-10H,2-3,11-12H2,1H3. The van der Waals surface area contributed by atoms with E-state index in [1.807, 2.05) is 12.1 Å². The van der Waals surface area contributed by atoms with Crippen LogP contribution in [0.25, 0.3) is 11.1 Å². The Morgan fingerprint density at radius 2 is 1.84 bits per heavy atom. The van der Waals surface area contributed by atoms with Gasteiger partial charge in [0.15, 0.2) is 5.78 Å². The fourth-order valence-corrected chi connectivity index (χ4v) is 2.89. The summed E-state index contributed by atoms with van der Waals surface area (Å²) in [5.41, 5.74) is 5.98. The van der Waals surface area contributed by atoms with E-state index in [0.717, 1.165) is 24.8 Å². The minimum atomic E-state index is 0.287. The summed E-state index contributed by atoms with van der Waals surface area (Å²) in [5, 5.41) is 0. The molecular formula is C18H18O. The van der Waals surface area contributed by atoms with Crippen molar-refractivity contribution >= 4 is 5.78 Å². The zero-order valence-electron chi connectivity index (χ0n) is 11.3. The summed E-state index contributed by atoms with van der Waals surface area (Å²) in [6.45, 7) is 2.12. The maximum absolute atomic E-state index is 12.4. The van der Waals surface area contributed by atoms with E-state index in [-0.39, 0.29) is 5.78 Å². The first-order valence-electron chi connectivity index (χ1n) is 7.04. The smallest absolute Gasteiger partial charge is 0.163 e. The lowest BCUT2D eigenvalue weighted by Crippen LogP contribution is -2.01. The highest BCUT2D eigenvalue weighted by atomic mass is 16.1. The molecule has 0 N–H and O–H groups in total. The largest absolute Gasteiger partial charge is 0.294 e. The van der Waals surface area contributed by atoms with Crippen molar-refractivity contribution in [3.63, 3.8) is 0 Å². The normalized spacial score (nSPS) is 12.1. The lowest BCUT2D eigenvalue weighted by molar-refractivity contribution is 0.0980. The maximum Gasteiger partial charge on any atom is 0.163 e. The zero-order chi connectivity index (χ0) is 13.2. The summed E-state index contributed by atoms with van der Waals surface area (Å²) in [6, 6.07) is 14.6. The van der Waals surface area contributed by atoms with E-state index in [4.69, 9.17) is 0 Å². The summed E-state index contributed by atoms with van der Waals surface area (Å²) in [7, 11) is 0. The number of unbranched alkanes of at least 4 members (excludes halogenated alkanes) is 1. The third-order valence-electron chi connectivity index (χ3n) is 3.88. The van der Waals surface area contributed by atoms with Crippen molar-refractivity contribution in [2.24, 2.45) is 0 Å². The number of hydrogen-bond donors (Lipinski definition) is 0. The zero-order valence-corrected chi connectivity index (χ0v) is 11.3. The Kier molecular flexibility index (Phi) is 3.20. The van der Waals surface area contributed by atoms with Gasteiger partial charge in [-0.15, -0.1) is 0 Å². The fourth-order valence-electron chi connectivity index (χ4n) is 2.89. The minimum Gasteiger partial charge on any atom is -0.294 e. The molecule has 0 aromatic heterocycles.